The van der Waals surface area contributed by atoms with E-state index in [9.17, 15) is 0 Å². The van der Waals surface area contributed by atoms with E-state index in [2.05, 4.69) is 231 Å². The van der Waals surface area contributed by atoms with Crippen molar-refractivity contribution >= 4 is 82.1 Å². The van der Waals surface area contributed by atoms with E-state index in [-0.39, 0.29) is 5.41 Å². The summed E-state index contributed by atoms with van der Waals surface area (Å²) in [5.74, 6) is 0. The number of fused-ring (bicyclic) bond motifs is 14. The monoisotopic (exact) mass is 803 g/mol. The number of rotatable bonds is 5. The minimum absolute atomic E-state index is 0.140. The van der Waals surface area contributed by atoms with Gasteiger partial charge in [0.1, 0.15) is 11.2 Å². The Hall–Kier alpha value is -7.94. The Morgan fingerprint density at radius 2 is 0.952 bits per heavy atom. The Balaban J connectivity index is 1.03. The second kappa shape index (κ2) is 13.5. The van der Waals surface area contributed by atoms with Crippen molar-refractivity contribution in [1.82, 2.24) is 0 Å². The molecular formula is C61H41NO. The minimum Gasteiger partial charge on any atom is -0.456 e. The Morgan fingerprint density at radius 1 is 0.349 bits per heavy atom. The van der Waals surface area contributed by atoms with Gasteiger partial charge in [-0.3, -0.25) is 0 Å². The minimum atomic E-state index is -0.140. The molecule has 0 fully saturated rings. The molecule has 1 aliphatic carbocycles. The number of hydrogen-bond acceptors (Lipinski definition) is 2. The molecule has 1 aliphatic rings. The van der Waals surface area contributed by atoms with Crippen molar-refractivity contribution in [3.63, 3.8) is 0 Å². The zero-order chi connectivity index (χ0) is 41.8. The lowest BCUT2D eigenvalue weighted by Gasteiger charge is -2.30. The van der Waals surface area contributed by atoms with Crippen molar-refractivity contribution in [2.24, 2.45) is 0 Å². The first-order valence-electron chi connectivity index (χ1n) is 21.9. The molecule has 1 heterocycles. The first kappa shape index (κ1) is 35.8. The zero-order valence-corrected chi connectivity index (χ0v) is 35.1. The molecule has 11 aromatic carbocycles. The molecule has 2 heteroatoms. The Kier molecular flexibility index (Phi) is 7.68. The molecule has 12 aromatic rings. The summed E-state index contributed by atoms with van der Waals surface area (Å²) in [6.45, 7) is 4.73. The standard InChI is InChI=1S/C61H41NO/c1-61(2)54-23-10-7-19-48(54)49-33-31-42(37-55(49)61)62(41-29-26-39(27-30-41)44-22-13-15-38-14-3-4-16-43(38)44)56-24-11-8-17-45(56)40-28-32-47-46-18-5-6-20-50(46)59-51(53(47)36-40)34-35-58-60(59)52-21-9-12-25-57(52)63-58/h3-37H,1-2H3. The van der Waals surface area contributed by atoms with Crippen LogP contribution in [0.3, 0.4) is 0 Å². The molecule has 0 N–H and O–H groups in total. The van der Waals surface area contributed by atoms with Gasteiger partial charge in [-0.1, -0.05) is 172 Å². The van der Waals surface area contributed by atoms with Crippen LogP contribution in [0.4, 0.5) is 17.1 Å². The largest absolute Gasteiger partial charge is 0.456 e. The van der Waals surface area contributed by atoms with E-state index < -0.39 is 0 Å². The van der Waals surface area contributed by atoms with Crippen molar-refractivity contribution in [2.75, 3.05) is 4.90 Å². The molecule has 0 saturated heterocycles. The highest BCUT2D eigenvalue weighted by Crippen LogP contribution is 2.52. The summed E-state index contributed by atoms with van der Waals surface area (Å²) in [7, 11) is 0. The lowest BCUT2D eigenvalue weighted by Crippen LogP contribution is -2.16. The maximum absolute atomic E-state index is 6.45. The van der Waals surface area contributed by atoms with Gasteiger partial charge in [0, 0.05) is 38.5 Å². The van der Waals surface area contributed by atoms with Gasteiger partial charge < -0.3 is 9.32 Å². The van der Waals surface area contributed by atoms with Crippen LogP contribution < -0.4 is 4.90 Å². The fourth-order valence-corrected chi connectivity index (χ4v) is 10.9. The normalized spacial score (nSPS) is 13.0. The van der Waals surface area contributed by atoms with Crippen LogP contribution in [-0.2, 0) is 5.41 Å². The summed E-state index contributed by atoms with van der Waals surface area (Å²) in [4.78, 5) is 2.46. The molecule has 296 valence electrons. The molecule has 1 aromatic heterocycles. The summed E-state index contributed by atoms with van der Waals surface area (Å²) < 4.78 is 6.45. The van der Waals surface area contributed by atoms with Crippen LogP contribution in [0.2, 0.25) is 0 Å². The summed E-state index contributed by atoms with van der Waals surface area (Å²) in [5, 5.41) is 12.2. The van der Waals surface area contributed by atoms with Gasteiger partial charge in [0.15, 0.2) is 0 Å². The van der Waals surface area contributed by atoms with Crippen LogP contribution in [0.1, 0.15) is 25.0 Å². The molecule has 0 aliphatic heterocycles. The molecule has 0 amide bonds. The third kappa shape index (κ3) is 5.31. The van der Waals surface area contributed by atoms with E-state index >= 15 is 0 Å². The van der Waals surface area contributed by atoms with Gasteiger partial charge in [-0.25, -0.2) is 0 Å². The topological polar surface area (TPSA) is 16.4 Å². The third-order valence-corrected chi connectivity index (χ3v) is 13.8. The quantitative estimate of drug-likeness (QED) is 0.161. The summed E-state index contributed by atoms with van der Waals surface area (Å²) in [6, 6.07) is 78.0. The first-order chi connectivity index (χ1) is 31.0. The molecular weight excluding hydrogens is 763 g/mol. The molecule has 0 bridgehead atoms. The predicted octanol–water partition coefficient (Wildman–Crippen LogP) is 17.3. The molecule has 13 rings (SSSR count). The van der Waals surface area contributed by atoms with E-state index in [1.807, 2.05) is 0 Å². The maximum Gasteiger partial charge on any atom is 0.136 e. The molecule has 0 unspecified atom stereocenters. The fourth-order valence-electron chi connectivity index (χ4n) is 10.9. The van der Waals surface area contributed by atoms with Crippen LogP contribution in [0.5, 0.6) is 0 Å². The van der Waals surface area contributed by atoms with Crippen LogP contribution in [-0.4, -0.2) is 0 Å². The van der Waals surface area contributed by atoms with Crippen molar-refractivity contribution in [2.45, 2.75) is 19.3 Å². The van der Waals surface area contributed by atoms with Crippen molar-refractivity contribution in [3.05, 3.63) is 223 Å². The Bertz CT molecular complexity index is 3830. The van der Waals surface area contributed by atoms with Crippen molar-refractivity contribution in [1.29, 1.82) is 0 Å². The van der Waals surface area contributed by atoms with E-state index in [1.165, 1.54) is 81.9 Å². The van der Waals surface area contributed by atoms with Crippen molar-refractivity contribution in [3.8, 4) is 33.4 Å². The Morgan fingerprint density at radius 3 is 1.83 bits per heavy atom. The van der Waals surface area contributed by atoms with Gasteiger partial charge in [0.05, 0.1) is 5.69 Å². The molecule has 0 radical (unpaired) electrons. The highest BCUT2D eigenvalue weighted by Gasteiger charge is 2.36. The Labute approximate surface area is 365 Å². The number of nitrogens with zero attached hydrogens (tertiary/aromatic N) is 1. The van der Waals surface area contributed by atoms with Crippen LogP contribution in [0, 0.1) is 0 Å². The fraction of sp³-hybridized carbons (Fsp3) is 0.0492. The number of para-hydroxylation sites is 2. The smallest absolute Gasteiger partial charge is 0.136 e. The van der Waals surface area contributed by atoms with Gasteiger partial charge in [-0.05, 0) is 131 Å². The molecule has 63 heavy (non-hydrogen) atoms. The van der Waals surface area contributed by atoms with E-state index in [4.69, 9.17) is 4.42 Å². The number of hydrogen-bond donors (Lipinski definition) is 0. The van der Waals surface area contributed by atoms with E-state index in [1.54, 1.807) is 0 Å². The summed E-state index contributed by atoms with van der Waals surface area (Å²) >= 11 is 0. The lowest BCUT2D eigenvalue weighted by molar-refractivity contribution is 0.660. The van der Waals surface area contributed by atoms with Gasteiger partial charge >= 0.3 is 0 Å². The first-order valence-corrected chi connectivity index (χ1v) is 21.9. The maximum atomic E-state index is 6.45. The number of furan rings is 1. The molecule has 0 atom stereocenters. The van der Waals surface area contributed by atoms with Gasteiger partial charge in [0.2, 0.25) is 0 Å². The zero-order valence-electron chi connectivity index (χ0n) is 35.1. The third-order valence-electron chi connectivity index (χ3n) is 13.8. The SMILES string of the molecule is CC1(C)c2ccccc2-c2ccc(N(c3ccc(-c4cccc5ccccc45)cc3)c3ccccc3-c3ccc4c5ccccc5c5c(ccc6oc7ccccc7c65)c4c3)cc21. The highest BCUT2D eigenvalue weighted by molar-refractivity contribution is 6.34. The molecule has 2 nitrogen and oxygen atoms in total. The van der Waals surface area contributed by atoms with E-state index in [0.29, 0.717) is 0 Å². The van der Waals surface area contributed by atoms with E-state index in [0.717, 1.165) is 44.7 Å². The molecule has 0 saturated carbocycles. The van der Waals surface area contributed by atoms with Crippen LogP contribution >= 0.6 is 0 Å². The van der Waals surface area contributed by atoms with Crippen molar-refractivity contribution < 1.29 is 4.42 Å². The van der Waals surface area contributed by atoms with Crippen LogP contribution in [0.25, 0.3) is 98.4 Å². The predicted molar refractivity (Wildman–Crippen MR) is 267 cm³/mol. The average Bonchev–Trinajstić information content (AvgIpc) is 3.83. The second-order valence-electron chi connectivity index (χ2n) is 17.6. The highest BCUT2D eigenvalue weighted by atomic mass is 16.3. The van der Waals surface area contributed by atoms with Gasteiger partial charge in [0.25, 0.3) is 0 Å². The molecule has 0 spiro atoms. The van der Waals surface area contributed by atoms with Gasteiger partial charge in [-0.15, -0.1) is 0 Å². The average molecular weight is 804 g/mol. The summed E-state index contributed by atoms with van der Waals surface area (Å²) in [6.07, 6.45) is 0. The lowest BCUT2D eigenvalue weighted by atomic mass is 9.82. The second-order valence-corrected chi connectivity index (χ2v) is 17.6. The number of anilines is 3. The van der Waals surface area contributed by atoms with Crippen LogP contribution in [0.15, 0.2) is 217 Å². The van der Waals surface area contributed by atoms with Gasteiger partial charge in [-0.2, -0.15) is 0 Å². The number of benzene rings is 11. The summed E-state index contributed by atoms with van der Waals surface area (Å²) in [5.41, 5.74) is 15.2.